The van der Waals surface area contributed by atoms with Crippen LogP contribution in [0.2, 0.25) is 5.02 Å². The average molecular weight is 348 g/mol. The highest BCUT2D eigenvalue weighted by Gasteiger charge is 2.17. The number of halogens is 1. The zero-order valence-electron chi connectivity index (χ0n) is 13.0. The molecule has 23 heavy (non-hydrogen) atoms. The monoisotopic (exact) mass is 347 g/mol. The molecule has 1 unspecified atom stereocenters. The molecule has 6 heteroatoms. The number of benzene rings is 1. The molecular formula is C17H18ClN3OS. The minimum atomic E-state index is 0.198. The van der Waals surface area contributed by atoms with E-state index in [0.717, 1.165) is 9.90 Å². The van der Waals surface area contributed by atoms with Crippen molar-refractivity contribution in [2.24, 2.45) is 5.92 Å². The Balaban J connectivity index is 1.68. The SMILES string of the molecule is CC(C)C(NCc1nc(-c2cccs2)no1)c1ccc(Cl)cc1. The van der Waals surface area contributed by atoms with E-state index in [1.807, 2.05) is 41.8 Å². The Labute approximate surface area is 144 Å². The van der Waals surface area contributed by atoms with Gasteiger partial charge in [-0.3, -0.25) is 0 Å². The van der Waals surface area contributed by atoms with Gasteiger partial charge in [-0.15, -0.1) is 11.3 Å². The molecule has 1 N–H and O–H groups in total. The van der Waals surface area contributed by atoms with Gasteiger partial charge in [0, 0.05) is 11.1 Å². The van der Waals surface area contributed by atoms with Gasteiger partial charge in [0.15, 0.2) is 0 Å². The number of nitrogens with zero attached hydrogens (tertiary/aromatic N) is 2. The van der Waals surface area contributed by atoms with Gasteiger partial charge in [-0.25, -0.2) is 0 Å². The van der Waals surface area contributed by atoms with Crippen molar-refractivity contribution in [2.75, 3.05) is 0 Å². The molecule has 4 nitrogen and oxygen atoms in total. The van der Waals surface area contributed by atoms with Crippen LogP contribution in [0.25, 0.3) is 10.7 Å². The zero-order chi connectivity index (χ0) is 16.2. The van der Waals surface area contributed by atoms with Crippen molar-refractivity contribution in [3.8, 4) is 10.7 Å². The molecule has 0 saturated heterocycles. The first-order valence-electron chi connectivity index (χ1n) is 7.49. The number of rotatable bonds is 6. The highest BCUT2D eigenvalue weighted by atomic mass is 35.5. The Bertz CT molecular complexity index is 738. The zero-order valence-corrected chi connectivity index (χ0v) is 14.6. The van der Waals surface area contributed by atoms with Crippen LogP contribution < -0.4 is 5.32 Å². The van der Waals surface area contributed by atoms with Crippen LogP contribution in [-0.4, -0.2) is 10.1 Å². The molecule has 2 heterocycles. The molecule has 2 aromatic heterocycles. The van der Waals surface area contributed by atoms with Crippen molar-refractivity contribution in [3.63, 3.8) is 0 Å². The molecule has 0 saturated carbocycles. The topological polar surface area (TPSA) is 51.0 Å². The summed E-state index contributed by atoms with van der Waals surface area (Å²) in [6.45, 7) is 4.89. The predicted molar refractivity (Wildman–Crippen MR) is 93.5 cm³/mol. The van der Waals surface area contributed by atoms with Crippen LogP contribution in [0.15, 0.2) is 46.3 Å². The second kappa shape index (κ2) is 7.25. The van der Waals surface area contributed by atoms with E-state index < -0.39 is 0 Å². The Morgan fingerprint density at radius 2 is 2.00 bits per heavy atom. The largest absolute Gasteiger partial charge is 0.338 e. The number of hydrogen-bond donors (Lipinski definition) is 1. The lowest BCUT2D eigenvalue weighted by molar-refractivity contribution is 0.338. The fourth-order valence-corrected chi connectivity index (χ4v) is 3.21. The lowest BCUT2D eigenvalue weighted by Gasteiger charge is -2.22. The lowest BCUT2D eigenvalue weighted by atomic mass is 9.96. The van der Waals surface area contributed by atoms with Gasteiger partial charge in [0.05, 0.1) is 11.4 Å². The van der Waals surface area contributed by atoms with Crippen LogP contribution in [0.4, 0.5) is 0 Å². The van der Waals surface area contributed by atoms with Gasteiger partial charge in [0.2, 0.25) is 11.7 Å². The van der Waals surface area contributed by atoms with Crippen molar-refractivity contribution >= 4 is 22.9 Å². The summed E-state index contributed by atoms with van der Waals surface area (Å²) in [5.74, 6) is 1.66. The van der Waals surface area contributed by atoms with Gasteiger partial charge in [-0.1, -0.05) is 48.8 Å². The van der Waals surface area contributed by atoms with E-state index in [1.54, 1.807) is 11.3 Å². The third-order valence-electron chi connectivity index (χ3n) is 3.58. The minimum Gasteiger partial charge on any atom is -0.338 e. The van der Waals surface area contributed by atoms with Crippen molar-refractivity contribution < 1.29 is 4.52 Å². The van der Waals surface area contributed by atoms with E-state index in [0.29, 0.717) is 24.2 Å². The van der Waals surface area contributed by atoms with E-state index in [1.165, 1.54) is 5.56 Å². The van der Waals surface area contributed by atoms with Gasteiger partial charge in [-0.2, -0.15) is 4.98 Å². The lowest BCUT2D eigenvalue weighted by Crippen LogP contribution is -2.25. The van der Waals surface area contributed by atoms with E-state index in [2.05, 4.69) is 29.3 Å². The number of thiophene rings is 1. The van der Waals surface area contributed by atoms with Gasteiger partial charge in [-0.05, 0) is 35.1 Å². The Morgan fingerprint density at radius 3 is 2.65 bits per heavy atom. The maximum absolute atomic E-state index is 5.97. The second-order valence-electron chi connectivity index (χ2n) is 5.64. The third-order valence-corrected chi connectivity index (χ3v) is 4.70. The Kier molecular flexibility index (Phi) is 5.10. The van der Waals surface area contributed by atoms with Gasteiger partial charge in [0.25, 0.3) is 0 Å². The first-order valence-corrected chi connectivity index (χ1v) is 8.74. The highest BCUT2D eigenvalue weighted by molar-refractivity contribution is 7.13. The van der Waals surface area contributed by atoms with Crippen LogP contribution in [0.3, 0.4) is 0 Å². The number of aromatic nitrogens is 2. The summed E-state index contributed by atoms with van der Waals surface area (Å²) in [7, 11) is 0. The van der Waals surface area contributed by atoms with Crippen LogP contribution in [0.5, 0.6) is 0 Å². The normalized spacial score (nSPS) is 12.7. The first kappa shape index (κ1) is 16.2. The van der Waals surface area contributed by atoms with Crippen LogP contribution in [0, 0.1) is 5.92 Å². The molecule has 1 aromatic carbocycles. The molecule has 3 rings (SSSR count). The summed E-state index contributed by atoms with van der Waals surface area (Å²) in [5, 5.41) is 10.3. The van der Waals surface area contributed by atoms with E-state index in [-0.39, 0.29) is 6.04 Å². The Morgan fingerprint density at radius 1 is 1.22 bits per heavy atom. The minimum absolute atomic E-state index is 0.198. The Hall–Kier alpha value is -1.69. The van der Waals surface area contributed by atoms with Crippen LogP contribution in [-0.2, 0) is 6.54 Å². The summed E-state index contributed by atoms with van der Waals surface area (Å²) in [6.07, 6.45) is 0. The van der Waals surface area contributed by atoms with E-state index in [9.17, 15) is 0 Å². The van der Waals surface area contributed by atoms with Gasteiger partial charge >= 0.3 is 0 Å². The number of hydrogen-bond acceptors (Lipinski definition) is 5. The molecule has 0 bridgehead atoms. The van der Waals surface area contributed by atoms with Crippen molar-refractivity contribution in [3.05, 3.63) is 58.3 Å². The molecular weight excluding hydrogens is 330 g/mol. The highest BCUT2D eigenvalue weighted by Crippen LogP contribution is 2.24. The first-order chi connectivity index (χ1) is 11.1. The standard InChI is InChI=1S/C17H18ClN3OS/c1-11(2)16(12-5-7-13(18)8-6-12)19-10-15-20-17(21-22-15)14-4-3-9-23-14/h3-9,11,16,19H,10H2,1-2H3. The molecule has 0 fully saturated rings. The summed E-state index contributed by atoms with van der Waals surface area (Å²) in [6, 6.07) is 12.1. The third kappa shape index (κ3) is 3.99. The van der Waals surface area contributed by atoms with Crippen LogP contribution >= 0.6 is 22.9 Å². The van der Waals surface area contributed by atoms with Crippen LogP contribution in [0.1, 0.15) is 31.3 Å². The quantitative estimate of drug-likeness (QED) is 0.686. The second-order valence-corrected chi connectivity index (χ2v) is 7.03. The summed E-state index contributed by atoms with van der Waals surface area (Å²) in [4.78, 5) is 5.45. The molecule has 0 aliphatic heterocycles. The molecule has 0 aliphatic rings. The molecule has 0 radical (unpaired) electrons. The molecule has 120 valence electrons. The summed E-state index contributed by atoms with van der Waals surface area (Å²) >= 11 is 7.57. The molecule has 1 atom stereocenters. The molecule has 0 amide bonds. The fourth-order valence-electron chi connectivity index (χ4n) is 2.44. The van der Waals surface area contributed by atoms with E-state index >= 15 is 0 Å². The van der Waals surface area contributed by atoms with Crippen molar-refractivity contribution in [1.29, 1.82) is 0 Å². The summed E-state index contributed by atoms with van der Waals surface area (Å²) in [5.41, 5.74) is 1.20. The summed E-state index contributed by atoms with van der Waals surface area (Å²) < 4.78 is 5.34. The molecule has 0 aliphatic carbocycles. The van der Waals surface area contributed by atoms with Gasteiger partial charge in [0.1, 0.15) is 0 Å². The van der Waals surface area contributed by atoms with Gasteiger partial charge < -0.3 is 9.84 Å². The maximum atomic E-state index is 5.97. The smallest absolute Gasteiger partial charge is 0.240 e. The molecule has 0 spiro atoms. The maximum Gasteiger partial charge on any atom is 0.240 e. The fraction of sp³-hybridized carbons (Fsp3) is 0.294. The van der Waals surface area contributed by atoms with E-state index in [4.69, 9.17) is 16.1 Å². The average Bonchev–Trinajstić information content (AvgIpc) is 3.19. The predicted octanol–water partition coefficient (Wildman–Crippen LogP) is 4.94. The number of nitrogens with one attached hydrogen (secondary N) is 1. The van der Waals surface area contributed by atoms with Crippen molar-refractivity contribution in [2.45, 2.75) is 26.4 Å². The molecule has 3 aromatic rings. The van der Waals surface area contributed by atoms with Crippen molar-refractivity contribution in [1.82, 2.24) is 15.5 Å².